The summed E-state index contributed by atoms with van der Waals surface area (Å²) in [6, 6.07) is -1.84. The van der Waals surface area contributed by atoms with Crippen LogP contribution in [0.25, 0.3) is 0 Å². The summed E-state index contributed by atoms with van der Waals surface area (Å²) >= 11 is 0. The molecule has 0 spiro atoms. The van der Waals surface area contributed by atoms with Crippen molar-refractivity contribution < 1.29 is 26.8 Å². The minimum atomic E-state index is -4.99. The van der Waals surface area contributed by atoms with Crippen LogP contribution in [0.1, 0.15) is 6.42 Å². The van der Waals surface area contributed by atoms with Gasteiger partial charge in [0, 0.05) is 19.0 Å². The van der Waals surface area contributed by atoms with Gasteiger partial charge in [0.1, 0.15) is 6.04 Å². The third-order valence-corrected chi connectivity index (χ3v) is 3.85. The van der Waals surface area contributed by atoms with Crippen molar-refractivity contribution in [2.75, 3.05) is 13.1 Å². The topological polar surface area (TPSA) is 119 Å². The zero-order valence-electron chi connectivity index (χ0n) is 9.11. The molecule has 18 heavy (non-hydrogen) atoms. The van der Waals surface area contributed by atoms with Crippen molar-refractivity contribution in [3.05, 3.63) is 0 Å². The van der Waals surface area contributed by atoms with Crippen LogP contribution in [0.3, 0.4) is 0 Å². The Morgan fingerprint density at radius 1 is 1.39 bits per heavy atom. The minimum Gasteiger partial charge on any atom is -0.724 e. The fraction of sp³-hybridized carbons (Fsp3) is 0.750. The van der Waals surface area contributed by atoms with E-state index in [0.29, 0.717) is 18.0 Å². The fourth-order valence-electron chi connectivity index (χ4n) is 2.88. The third kappa shape index (κ3) is 1.64. The maximum absolute atomic E-state index is 11.9. The van der Waals surface area contributed by atoms with Crippen molar-refractivity contribution in [1.29, 1.82) is 0 Å². The number of nitrogens with one attached hydrogen (secondary N) is 1. The van der Waals surface area contributed by atoms with Crippen molar-refractivity contribution in [2.45, 2.75) is 18.5 Å². The number of nitrogens with zero attached hydrogens (tertiary/aromatic N) is 2. The largest absolute Gasteiger partial charge is 0.724 e. The van der Waals surface area contributed by atoms with Crippen LogP contribution in [0, 0.1) is 5.92 Å². The van der Waals surface area contributed by atoms with Gasteiger partial charge in [0.05, 0.1) is 6.04 Å². The van der Waals surface area contributed by atoms with Crippen LogP contribution in [-0.2, 0) is 19.5 Å². The third-order valence-electron chi connectivity index (χ3n) is 3.51. The van der Waals surface area contributed by atoms with Crippen LogP contribution in [0.15, 0.2) is 0 Å². The summed E-state index contributed by atoms with van der Waals surface area (Å²) < 4.78 is 35.8. The molecule has 0 unspecified atom stereocenters. The SMILES string of the molecule is O=C1NC[C@@H]2C[C@@H]3CN(C(=O)N3OS(=O)(=O)[O-])[C@H]12. The lowest BCUT2D eigenvalue weighted by atomic mass is 9.91. The van der Waals surface area contributed by atoms with E-state index in [4.69, 9.17) is 0 Å². The lowest BCUT2D eigenvalue weighted by Gasteiger charge is -2.30. The molecule has 3 aliphatic heterocycles. The molecular weight excluding hydrogens is 266 g/mol. The van der Waals surface area contributed by atoms with E-state index in [0.717, 1.165) is 0 Å². The van der Waals surface area contributed by atoms with Crippen molar-refractivity contribution in [1.82, 2.24) is 15.3 Å². The number of piperidine rings is 1. The predicted octanol–water partition coefficient (Wildman–Crippen LogP) is -2.00. The number of hydroxylamine groups is 2. The highest BCUT2D eigenvalue weighted by Gasteiger charge is 2.54. The molecule has 0 radical (unpaired) electrons. The molecule has 3 saturated heterocycles. The Balaban J connectivity index is 1.88. The number of urea groups is 1. The molecule has 3 aliphatic rings. The van der Waals surface area contributed by atoms with Crippen LogP contribution in [-0.4, -0.2) is 60.0 Å². The predicted molar refractivity (Wildman–Crippen MR) is 53.4 cm³/mol. The van der Waals surface area contributed by atoms with Gasteiger partial charge in [-0.25, -0.2) is 13.2 Å². The quantitative estimate of drug-likeness (QED) is 0.460. The average molecular weight is 276 g/mol. The Labute approximate surface area is 103 Å². The monoisotopic (exact) mass is 276 g/mol. The maximum Gasteiger partial charge on any atom is 0.346 e. The molecule has 3 fully saturated rings. The lowest BCUT2D eigenvalue weighted by Crippen LogP contribution is -2.47. The summed E-state index contributed by atoms with van der Waals surface area (Å²) in [6.45, 7) is 0.644. The number of fused-ring (bicyclic) bond motifs is 4. The molecule has 3 amide bonds. The highest BCUT2D eigenvalue weighted by Crippen LogP contribution is 2.36. The number of carbonyl (C=O) groups excluding carboxylic acids is 2. The van der Waals surface area contributed by atoms with E-state index in [1.165, 1.54) is 4.90 Å². The Morgan fingerprint density at radius 3 is 2.78 bits per heavy atom. The number of carbonyl (C=O) groups is 2. The van der Waals surface area contributed by atoms with Gasteiger partial charge in [-0.15, -0.1) is 0 Å². The number of hydrogen-bond donors (Lipinski definition) is 1. The van der Waals surface area contributed by atoms with Gasteiger partial charge in [-0.2, -0.15) is 9.35 Å². The molecule has 1 N–H and O–H groups in total. The number of hydrogen-bond acceptors (Lipinski definition) is 6. The van der Waals surface area contributed by atoms with E-state index in [-0.39, 0.29) is 18.4 Å². The summed E-state index contributed by atoms with van der Waals surface area (Å²) in [5.41, 5.74) is 0. The van der Waals surface area contributed by atoms with Crippen LogP contribution < -0.4 is 5.32 Å². The number of rotatable bonds is 2. The lowest BCUT2D eigenvalue weighted by molar-refractivity contribution is -0.123. The van der Waals surface area contributed by atoms with Crippen LogP contribution in [0.5, 0.6) is 0 Å². The van der Waals surface area contributed by atoms with Gasteiger partial charge in [-0.1, -0.05) is 0 Å². The highest BCUT2D eigenvalue weighted by molar-refractivity contribution is 7.80. The molecule has 3 rings (SSSR count). The first kappa shape index (κ1) is 11.7. The standard InChI is InChI=1S/C8H11N3O6S/c12-7-6-4(2-9-7)1-5-3-10(6)8(13)11(5)17-18(14,15)16/h4-6H,1-3H2,(H,9,12)(H,14,15,16)/p-1/t4-,5+,6-/m0/s1. The molecule has 0 aromatic heterocycles. The molecule has 10 heteroatoms. The van der Waals surface area contributed by atoms with E-state index in [2.05, 4.69) is 9.60 Å². The second-order valence-corrected chi connectivity index (χ2v) is 5.55. The zero-order chi connectivity index (χ0) is 13.1. The van der Waals surface area contributed by atoms with Gasteiger partial charge in [-0.3, -0.25) is 4.79 Å². The van der Waals surface area contributed by atoms with Crippen LogP contribution >= 0.6 is 0 Å². The summed E-state index contributed by atoms with van der Waals surface area (Å²) in [5, 5.41) is 3.24. The van der Waals surface area contributed by atoms with E-state index < -0.39 is 28.5 Å². The van der Waals surface area contributed by atoms with Gasteiger partial charge in [-0.05, 0) is 6.42 Å². The van der Waals surface area contributed by atoms with Crippen molar-refractivity contribution in [3.8, 4) is 0 Å². The summed E-state index contributed by atoms with van der Waals surface area (Å²) in [6.07, 6.45) is 0.432. The Hall–Kier alpha value is -1.39. The van der Waals surface area contributed by atoms with E-state index in [1.54, 1.807) is 0 Å². The van der Waals surface area contributed by atoms with Crippen molar-refractivity contribution >= 4 is 22.3 Å². The first-order chi connectivity index (χ1) is 8.37. The van der Waals surface area contributed by atoms with Gasteiger partial charge >= 0.3 is 6.03 Å². The van der Waals surface area contributed by atoms with Crippen LogP contribution in [0.2, 0.25) is 0 Å². The second kappa shape index (κ2) is 3.56. The molecule has 0 aromatic carbocycles. The van der Waals surface area contributed by atoms with Gasteiger partial charge < -0.3 is 14.8 Å². The molecular formula is C8H10N3O6S-. The first-order valence-corrected chi connectivity index (χ1v) is 6.73. The average Bonchev–Trinajstić information content (AvgIpc) is 2.73. The molecule has 3 atom stereocenters. The van der Waals surface area contributed by atoms with E-state index >= 15 is 0 Å². The normalized spacial score (nSPS) is 34.8. The molecule has 3 heterocycles. The summed E-state index contributed by atoms with van der Waals surface area (Å²) in [5.74, 6) is -0.318. The second-order valence-electron chi connectivity index (χ2n) is 4.58. The van der Waals surface area contributed by atoms with Gasteiger partial charge in [0.2, 0.25) is 16.3 Å². The van der Waals surface area contributed by atoms with Gasteiger partial charge in [0.25, 0.3) is 0 Å². The Morgan fingerprint density at radius 2 is 2.11 bits per heavy atom. The zero-order valence-corrected chi connectivity index (χ0v) is 9.92. The molecule has 0 saturated carbocycles. The van der Waals surface area contributed by atoms with Crippen LogP contribution in [0.4, 0.5) is 4.79 Å². The Kier molecular flexibility index (Phi) is 2.31. The fourth-order valence-corrected chi connectivity index (χ4v) is 3.26. The molecule has 2 bridgehead atoms. The molecule has 0 aromatic rings. The van der Waals surface area contributed by atoms with Gasteiger partial charge in [0.15, 0.2) is 0 Å². The highest BCUT2D eigenvalue weighted by atomic mass is 32.3. The minimum absolute atomic E-state index is 0.0665. The Bertz CT molecular complexity index is 519. The molecule has 0 aliphatic carbocycles. The molecule has 9 nitrogen and oxygen atoms in total. The summed E-state index contributed by atoms with van der Waals surface area (Å²) in [7, 11) is -4.99. The van der Waals surface area contributed by atoms with E-state index in [9.17, 15) is 22.6 Å². The maximum atomic E-state index is 11.9. The summed E-state index contributed by atoms with van der Waals surface area (Å²) in [4.78, 5) is 24.7. The number of amides is 3. The smallest absolute Gasteiger partial charge is 0.346 e. The van der Waals surface area contributed by atoms with E-state index in [1.807, 2.05) is 0 Å². The molecule has 100 valence electrons. The van der Waals surface area contributed by atoms with Crippen molar-refractivity contribution in [2.24, 2.45) is 5.92 Å². The van der Waals surface area contributed by atoms with Crippen molar-refractivity contribution in [3.63, 3.8) is 0 Å². The first-order valence-electron chi connectivity index (χ1n) is 5.40.